The molecule has 0 aromatic heterocycles. The van der Waals surface area contributed by atoms with Crippen molar-refractivity contribution in [2.45, 2.75) is 13.8 Å². The highest BCUT2D eigenvalue weighted by Gasteiger charge is 2.01. The Morgan fingerprint density at radius 1 is 1.00 bits per heavy atom. The van der Waals surface area contributed by atoms with Crippen molar-refractivity contribution in [3.05, 3.63) is 29.3 Å². The lowest BCUT2D eigenvalue weighted by Crippen LogP contribution is -2.11. The Labute approximate surface area is 68.7 Å². The highest BCUT2D eigenvalue weighted by atomic mass is 15.1. The van der Waals surface area contributed by atoms with Crippen molar-refractivity contribution in [3.63, 3.8) is 0 Å². The molecule has 0 aliphatic heterocycles. The number of rotatable bonds is 1. The topological polar surface area (TPSA) is 3.24 Å². The van der Waals surface area contributed by atoms with Crippen LogP contribution in [0.2, 0.25) is 0 Å². The summed E-state index contributed by atoms with van der Waals surface area (Å²) >= 11 is 0. The van der Waals surface area contributed by atoms with Crippen LogP contribution in [0.4, 0.5) is 5.69 Å². The maximum Gasteiger partial charge on any atom is 0.0420 e. The van der Waals surface area contributed by atoms with Crippen molar-refractivity contribution in [3.8, 4) is 0 Å². The lowest BCUT2D eigenvalue weighted by Gasteiger charge is -2.17. The quantitative estimate of drug-likeness (QED) is 0.592. The van der Waals surface area contributed by atoms with Crippen LogP contribution in [0, 0.1) is 13.8 Å². The molecule has 0 radical (unpaired) electrons. The molecule has 0 unspecified atom stereocenters. The molecule has 1 aromatic carbocycles. The fourth-order valence-corrected chi connectivity index (χ4v) is 1.51. The second kappa shape index (κ2) is 2.95. The summed E-state index contributed by atoms with van der Waals surface area (Å²) in [4.78, 5) is 2.16. The van der Waals surface area contributed by atoms with Crippen LogP contribution in [-0.4, -0.2) is 14.1 Å². The van der Waals surface area contributed by atoms with E-state index in [1.807, 2.05) is 0 Å². The maximum absolute atomic E-state index is 2.16. The molecule has 0 heterocycles. The Kier molecular flexibility index (Phi) is 2.18. The molecule has 0 N–H and O–H groups in total. The lowest BCUT2D eigenvalue weighted by atomic mass is 10.1. The van der Waals surface area contributed by atoms with Crippen molar-refractivity contribution in [1.29, 1.82) is 0 Å². The summed E-state index contributed by atoms with van der Waals surface area (Å²) in [5.74, 6) is 0. The van der Waals surface area contributed by atoms with Gasteiger partial charge in [0.05, 0.1) is 0 Å². The number of anilines is 1. The lowest BCUT2D eigenvalue weighted by molar-refractivity contribution is 1.10. The van der Waals surface area contributed by atoms with Gasteiger partial charge in [0.25, 0.3) is 0 Å². The molecule has 0 saturated carbocycles. The van der Waals surface area contributed by atoms with E-state index in [-0.39, 0.29) is 0 Å². The average Bonchev–Trinajstić information content (AvgIpc) is 1.85. The van der Waals surface area contributed by atoms with Gasteiger partial charge in [-0.3, -0.25) is 0 Å². The molecule has 0 aliphatic rings. The Hall–Kier alpha value is -0.980. The summed E-state index contributed by atoms with van der Waals surface area (Å²) < 4.78 is 0. The minimum absolute atomic E-state index is 1.34. The molecule has 1 nitrogen and oxygen atoms in total. The minimum atomic E-state index is 1.34. The molecule has 11 heavy (non-hydrogen) atoms. The van der Waals surface area contributed by atoms with Gasteiger partial charge in [-0.1, -0.05) is 18.2 Å². The van der Waals surface area contributed by atoms with Gasteiger partial charge < -0.3 is 4.90 Å². The molecular formula is C10H15N. The zero-order valence-corrected chi connectivity index (χ0v) is 7.68. The van der Waals surface area contributed by atoms with Gasteiger partial charge in [0, 0.05) is 19.8 Å². The zero-order chi connectivity index (χ0) is 8.43. The summed E-state index contributed by atoms with van der Waals surface area (Å²) in [5.41, 5.74) is 4.03. The molecule has 0 fully saturated rings. The van der Waals surface area contributed by atoms with Crippen molar-refractivity contribution in [2.24, 2.45) is 0 Å². The normalized spacial score (nSPS) is 9.82. The Balaban J connectivity index is 3.21. The van der Waals surface area contributed by atoms with Gasteiger partial charge in [0.2, 0.25) is 0 Å². The molecule has 0 spiro atoms. The third kappa shape index (κ3) is 1.53. The van der Waals surface area contributed by atoms with Crippen LogP contribution in [-0.2, 0) is 0 Å². The molecule has 1 aromatic rings. The highest BCUT2D eigenvalue weighted by Crippen LogP contribution is 2.21. The molecule has 0 amide bonds. The van der Waals surface area contributed by atoms with Crippen LogP contribution in [0.25, 0.3) is 0 Å². The second-order valence-corrected chi connectivity index (χ2v) is 3.13. The Morgan fingerprint density at radius 2 is 1.45 bits per heavy atom. The molecular weight excluding hydrogens is 134 g/mol. The third-order valence-electron chi connectivity index (χ3n) is 1.89. The first-order chi connectivity index (χ1) is 5.13. The standard InChI is InChI=1S/C10H15N/c1-8-6-5-7-9(2)10(8)11(3)4/h5-7H,1-4H3. The predicted molar refractivity (Wildman–Crippen MR) is 50.2 cm³/mol. The van der Waals surface area contributed by atoms with Crippen LogP contribution >= 0.6 is 0 Å². The SMILES string of the molecule is Cc1cccc(C)c1N(C)C. The summed E-state index contributed by atoms with van der Waals surface area (Å²) in [6, 6.07) is 6.38. The molecule has 0 aliphatic carbocycles. The Bertz CT molecular complexity index is 231. The van der Waals surface area contributed by atoms with Crippen LogP contribution < -0.4 is 4.90 Å². The minimum Gasteiger partial charge on any atom is -0.377 e. The maximum atomic E-state index is 2.16. The summed E-state index contributed by atoms with van der Waals surface area (Å²) in [7, 11) is 4.16. The fourth-order valence-electron chi connectivity index (χ4n) is 1.51. The van der Waals surface area contributed by atoms with Crippen LogP contribution in [0.5, 0.6) is 0 Å². The fraction of sp³-hybridized carbons (Fsp3) is 0.400. The van der Waals surface area contributed by atoms with Crippen molar-refractivity contribution >= 4 is 5.69 Å². The van der Waals surface area contributed by atoms with E-state index in [0.29, 0.717) is 0 Å². The van der Waals surface area contributed by atoms with E-state index in [9.17, 15) is 0 Å². The van der Waals surface area contributed by atoms with E-state index in [4.69, 9.17) is 0 Å². The number of hydrogen-bond donors (Lipinski definition) is 0. The van der Waals surface area contributed by atoms with Crippen molar-refractivity contribution in [2.75, 3.05) is 19.0 Å². The summed E-state index contributed by atoms with van der Waals surface area (Å²) in [5, 5.41) is 0. The van der Waals surface area contributed by atoms with Crippen molar-refractivity contribution < 1.29 is 0 Å². The average molecular weight is 149 g/mol. The van der Waals surface area contributed by atoms with Gasteiger partial charge in [-0.2, -0.15) is 0 Å². The number of nitrogens with zero attached hydrogens (tertiary/aromatic N) is 1. The first-order valence-corrected chi connectivity index (χ1v) is 3.86. The summed E-state index contributed by atoms with van der Waals surface area (Å²) in [6.07, 6.45) is 0. The van der Waals surface area contributed by atoms with E-state index in [1.54, 1.807) is 0 Å². The van der Waals surface area contributed by atoms with E-state index >= 15 is 0 Å². The first-order valence-electron chi connectivity index (χ1n) is 3.86. The number of aryl methyl sites for hydroxylation is 2. The van der Waals surface area contributed by atoms with Crippen LogP contribution in [0.1, 0.15) is 11.1 Å². The van der Waals surface area contributed by atoms with Gasteiger partial charge >= 0.3 is 0 Å². The molecule has 1 rings (SSSR count). The molecule has 60 valence electrons. The summed E-state index contributed by atoms with van der Waals surface area (Å²) in [6.45, 7) is 4.28. The third-order valence-corrected chi connectivity index (χ3v) is 1.89. The van der Waals surface area contributed by atoms with E-state index in [1.165, 1.54) is 16.8 Å². The monoisotopic (exact) mass is 149 g/mol. The zero-order valence-electron chi connectivity index (χ0n) is 7.68. The Morgan fingerprint density at radius 3 is 1.73 bits per heavy atom. The molecule has 0 atom stereocenters. The first kappa shape index (κ1) is 8.12. The largest absolute Gasteiger partial charge is 0.377 e. The van der Waals surface area contributed by atoms with Gasteiger partial charge in [-0.05, 0) is 25.0 Å². The van der Waals surface area contributed by atoms with Gasteiger partial charge in [-0.15, -0.1) is 0 Å². The number of para-hydroxylation sites is 1. The van der Waals surface area contributed by atoms with Crippen LogP contribution in [0.3, 0.4) is 0 Å². The van der Waals surface area contributed by atoms with Gasteiger partial charge in [-0.25, -0.2) is 0 Å². The van der Waals surface area contributed by atoms with Crippen molar-refractivity contribution in [1.82, 2.24) is 0 Å². The molecule has 0 saturated heterocycles. The van der Waals surface area contributed by atoms with Crippen LogP contribution in [0.15, 0.2) is 18.2 Å². The van der Waals surface area contributed by atoms with E-state index < -0.39 is 0 Å². The van der Waals surface area contributed by atoms with Gasteiger partial charge in [0.1, 0.15) is 0 Å². The van der Waals surface area contributed by atoms with Gasteiger partial charge in [0.15, 0.2) is 0 Å². The predicted octanol–water partition coefficient (Wildman–Crippen LogP) is 2.37. The number of benzene rings is 1. The smallest absolute Gasteiger partial charge is 0.0420 e. The number of hydrogen-bond acceptors (Lipinski definition) is 1. The van der Waals surface area contributed by atoms with E-state index in [2.05, 4.69) is 51.0 Å². The second-order valence-electron chi connectivity index (χ2n) is 3.13. The molecule has 1 heteroatoms. The molecule has 0 bridgehead atoms. The highest BCUT2D eigenvalue weighted by molar-refractivity contribution is 5.57. The van der Waals surface area contributed by atoms with E-state index in [0.717, 1.165) is 0 Å².